The zero-order valence-corrected chi connectivity index (χ0v) is 30.6. The van der Waals surface area contributed by atoms with Gasteiger partial charge in [-0.25, -0.2) is 9.97 Å². The first-order valence-corrected chi connectivity index (χ1v) is 18.7. The molecule has 0 saturated heterocycles. The predicted octanol–water partition coefficient (Wildman–Crippen LogP) is 11.1. The number of aromatic nitrogens is 4. The molecule has 264 valence electrons. The Hall–Kier alpha value is -7.43. The van der Waals surface area contributed by atoms with Gasteiger partial charge in [-0.05, 0) is 58.7 Å². The molecular formula is C49H32N6O. The van der Waals surface area contributed by atoms with Crippen molar-refractivity contribution in [2.24, 2.45) is 0 Å². The van der Waals surface area contributed by atoms with E-state index in [0.717, 1.165) is 73.1 Å². The number of hydrogen-bond acceptors (Lipinski definition) is 7. The summed E-state index contributed by atoms with van der Waals surface area (Å²) < 4.78 is 7.47. The number of pyridine rings is 2. The normalized spacial score (nSPS) is 14.6. The van der Waals surface area contributed by atoms with Gasteiger partial charge in [0.15, 0.2) is 5.75 Å². The minimum Gasteiger partial charge on any atom is -0.454 e. The summed E-state index contributed by atoms with van der Waals surface area (Å²) in [7, 11) is 0. The third-order valence-corrected chi connectivity index (χ3v) is 11.9. The Morgan fingerprint density at radius 1 is 0.518 bits per heavy atom. The van der Waals surface area contributed by atoms with Crippen molar-refractivity contribution in [1.82, 2.24) is 19.9 Å². The van der Waals surface area contributed by atoms with Crippen LogP contribution < -0.4 is 9.64 Å². The van der Waals surface area contributed by atoms with Crippen molar-refractivity contribution in [3.05, 3.63) is 197 Å². The summed E-state index contributed by atoms with van der Waals surface area (Å²) in [6.07, 6.45) is 6.88. The molecule has 0 atom stereocenters. The van der Waals surface area contributed by atoms with Crippen LogP contribution in [0.4, 0.5) is 17.1 Å². The van der Waals surface area contributed by atoms with Crippen molar-refractivity contribution in [3.8, 4) is 51.3 Å². The third kappa shape index (κ3) is 4.15. The van der Waals surface area contributed by atoms with E-state index < -0.39 is 5.41 Å². The second-order valence-corrected chi connectivity index (χ2v) is 14.9. The van der Waals surface area contributed by atoms with Crippen LogP contribution in [-0.4, -0.2) is 19.9 Å². The van der Waals surface area contributed by atoms with E-state index in [9.17, 15) is 5.26 Å². The number of nitriles is 1. The van der Waals surface area contributed by atoms with E-state index in [1.807, 2.05) is 48.8 Å². The monoisotopic (exact) mass is 720 g/mol. The van der Waals surface area contributed by atoms with E-state index in [1.54, 1.807) is 6.20 Å². The first kappa shape index (κ1) is 32.0. The largest absolute Gasteiger partial charge is 0.454 e. The summed E-state index contributed by atoms with van der Waals surface area (Å²) in [6.45, 7) is 4.59. The van der Waals surface area contributed by atoms with E-state index in [2.05, 4.69) is 132 Å². The molecule has 0 fully saturated rings. The standard InChI is InChI=1S/C49H32N6O/c1-48(2)34-15-3-5-21-41(34)55(42-22-6-4-16-35(42)48)43-23-9-18-39-47(43)56-46-32(30-12-7-13-31(33(30)28-50)40-24-27-51-29-54-40)14-8-17-38(46)49(39)36-19-10-25-52-44(36)45-37(49)20-11-26-53-45/h3-27,29H,1-2H3. The third-order valence-electron chi connectivity index (χ3n) is 11.9. The molecule has 7 nitrogen and oxygen atoms in total. The zero-order valence-electron chi connectivity index (χ0n) is 30.6. The number of para-hydroxylation sites is 4. The molecule has 2 aliphatic heterocycles. The van der Waals surface area contributed by atoms with Crippen molar-refractivity contribution < 1.29 is 4.74 Å². The Morgan fingerprint density at radius 3 is 1.73 bits per heavy atom. The highest BCUT2D eigenvalue weighted by Gasteiger charge is 2.54. The van der Waals surface area contributed by atoms with Crippen LogP contribution in [0.25, 0.3) is 33.8 Å². The molecule has 0 bridgehead atoms. The van der Waals surface area contributed by atoms with Crippen LogP contribution in [0.2, 0.25) is 0 Å². The average molecular weight is 721 g/mol. The summed E-state index contributed by atoms with van der Waals surface area (Å²) in [5.74, 6) is 1.41. The van der Waals surface area contributed by atoms with Gasteiger partial charge in [0.1, 0.15) is 18.1 Å². The minimum atomic E-state index is -0.840. The van der Waals surface area contributed by atoms with Gasteiger partial charge < -0.3 is 9.64 Å². The number of benzene rings is 5. The second kappa shape index (κ2) is 11.8. The first-order chi connectivity index (χ1) is 27.5. The Morgan fingerprint density at radius 2 is 1.07 bits per heavy atom. The number of hydrogen-bond donors (Lipinski definition) is 0. The lowest BCUT2D eigenvalue weighted by atomic mass is 9.65. The molecule has 1 spiro atoms. The van der Waals surface area contributed by atoms with Crippen LogP contribution in [0.3, 0.4) is 0 Å². The van der Waals surface area contributed by atoms with Gasteiger partial charge in [0.05, 0.1) is 45.1 Å². The summed E-state index contributed by atoms with van der Waals surface area (Å²) in [5.41, 5.74) is 13.7. The molecule has 3 aromatic heterocycles. The van der Waals surface area contributed by atoms with Crippen molar-refractivity contribution in [1.29, 1.82) is 5.26 Å². The molecule has 5 heterocycles. The number of nitrogens with zero attached hydrogens (tertiary/aromatic N) is 6. The Bertz CT molecular complexity index is 2870. The van der Waals surface area contributed by atoms with Gasteiger partial charge in [0.25, 0.3) is 0 Å². The average Bonchev–Trinajstić information content (AvgIpc) is 3.54. The number of fused-ring (bicyclic) bond motifs is 11. The Balaban J connectivity index is 1.25. The Kier molecular flexibility index (Phi) is 6.74. The smallest absolute Gasteiger partial charge is 0.156 e. The topological polar surface area (TPSA) is 87.8 Å². The SMILES string of the molecule is CC1(C)c2ccccc2N(c2cccc3c2Oc2c(-c4cccc(-c5ccncn5)c4C#N)cccc2C32c3cccnc3-c3ncccc32)c2ccccc21. The molecule has 8 aromatic rings. The van der Waals surface area contributed by atoms with Gasteiger partial charge in [-0.2, -0.15) is 5.26 Å². The maximum atomic E-state index is 10.8. The number of rotatable bonds is 3. The molecule has 0 unspecified atom stereocenters. The fraction of sp³-hybridized carbons (Fsp3) is 0.0816. The zero-order chi connectivity index (χ0) is 37.6. The summed E-state index contributed by atoms with van der Waals surface area (Å²) in [6, 6.07) is 48.7. The highest BCUT2D eigenvalue weighted by atomic mass is 16.5. The second-order valence-electron chi connectivity index (χ2n) is 14.9. The molecule has 7 heteroatoms. The highest BCUT2D eigenvalue weighted by Crippen LogP contribution is 2.65. The lowest BCUT2D eigenvalue weighted by Gasteiger charge is -2.44. The van der Waals surface area contributed by atoms with Crippen molar-refractivity contribution in [3.63, 3.8) is 0 Å². The molecule has 0 N–H and O–H groups in total. The highest BCUT2D eigenvalue weighted by molar-refractivity contribution is 5.94. The van der Waals surface area contributed by atoms with E-state index in [1.165, 1.54) is 17.5 Å². The molecule has 3 aliphatic rings. The number of anilines is 3. The molecule has 0 radical (unpaired) electrons. The van der Waals surface area contributed by atoms with Crippen molar-refractivity contribution in [2.45, 2.75) is 24.7 Å². The van der Waals surface area contributed by atoms with Gasteiger partial charge in [0, 0.05) is 51.8 Å². The van der Waals surface area contributed by atoms with Gasteiger partial charge >= 0.3 is 0 Å². The summed E-state index contributed by atoms with van der Waals surface area (Å²) in [4.78, 5) is 20.9. The fourth-order valence-corrected chi connectivity index (χ4v) is 9.51. The van der Waals surface area contributed by atoms with Gasteiger partial charge in [-0.15, -0.1) is 0 Å². The molecule has 0 amide bonds. The molecular weight excluding hydrogens is 689 g/mol. The lowest BCUT2D eigenvalue weighted by molar-refractivity contribution is 0.439. The summed E-state index contributed by atoms with van der Waals surface area (Å²) >= 11 is 0. The van der Waals surface area contributed by atoms with E-state index >= 15 is 0 Å². The molecule has 0 saturated carbocycles. The molecule has 56 heavy (non-hydrogen) atoms. The van der Waals surface area contributed by atoms with Gasteiger partial charge in [-0.1, -0.05) is 111 Å². The van der Waals surface area contributed by atoms with Crippen LogP contribution in [0.15, 0.2) is 158 Å². The quantitative estimate of drug-likeness (QED) is 0.179. The van der Waals surface area contributed by atoms with Crippen LogP contribution >= 0.6 is 0 Å². The summed E-state index contributed by atoms with van der Waals surface area (Å²) in [5, 5.41) is 10.8. The van der Waals surface area contributed by atoms with Crippen molar-refractivity contribution >= 4 is 17.1 Å². The van der Waals surface area contributed by atoms with E-state index in [0.29, 0.717) is 17.0 Å². The first-order valence-electron chi connectivity index (χ1n) is 18.7. The lowest BCUT2D eigenvalue weighted by Crippen LogP contribution is -2.34. The minimum absolute atomic E-state index is 0.233. The van der Waals surface area contributed by atoms with Gasteiger partial charge in [0.2, 0.25) is 0 Å². The maximum absolute atomic E-state index is 10.8. The van der Waals surface area contributed by atoms with E-state index in [-0.39, 0.29) is 5.41 Å². The fourth-order valence-electron chi connectivity index (χ4n) is 9.51. The number of ether oxygens (including phenoxy) is 1. The van der Waals surface area contributed by atoms with E-state index in [4.69, 9.17) is 14.7 Å². The molecule has 1 aliphatic carbocycles. The van der Waals surface area contributed by atoms with Crippen molar-refractivity contribution in [2.75, 3.05) is 4.90 Å². The van der Waals surface area contributed by atoms with Gasteiger partial charge in [-0.3, -0.25) is 9.97 Å². The predicted molar refractivity (Wildman–Crippen MR) is 217 cm³/mol. The van der Waals surface area contributed by atoms with Crippen LogP contribution in [0.5, 0.6) is 11.5 Å². The van der Waals surface area contributed by atoms with Crippen LogP contribution in [-0.2, 0) is 10.8 Å². The van der Waals surface area contributed by atoms with Crippen LogP contribution in [0.1, 0.15) is 52.8 Å². The maximum Gasteiger partial charge on any atom is 0.156 e. The van der Waals surface area contributed by atoms with Crippen LogP contribution in [0, 0.1) is 11.3 Å². The molecule has 11 rings (SSSR count). The molecule has 5 aromatic carbocycles. The Labute approximate surface area is 324 Å².